The molecule has 32 heavy (non-hydrogen) atoms. The second-order valence-electron chi connectivity index (χ2n) is 8.12. The van der Waals surface area contributed by atoms with Gasteiger partial charge in [0.2, 0.25) is 0 Å². The topological polar surface area (TPSA) is 76.1 Å². The number of amides is 1. The number of carbonyl (C=O) groups excluding carboxylic acids is 2. The molecule has 0 spiro atoms. The first-order chi connectivity index (χ1) is 15.4. The Morgan fingerprint density at radius 1 is 1.06 bits per heavy atom. The van der Waals surface area contributed by atoms with Crippen molar-refractivity contribution in [3.8, 4) is 5.75 Å². The minimum atomic E-state index is -0.674. The number of aliphatic hydroxyl groups excluding tert-OH is 1. The van der Waals surface area contributed by atoms with Crippen molar-refractivity contribution in [2.75, 3.05) is 20.3 Å². The lowest BCUT2D eigenvalue weighted by Crippen LogP contribution is -2.31. The average Bonchev–Trinajstić information content (AvgIpc) is 3.04. The maximum atomic E-state index is 13.0. The van der Waals surface area contributed by atoms with Crippen LogP contribution in [-0.2, 0) is 20.7 Å². The second kappa shape index (κ2) is 10.5. The summed E-state index contributed by atoms with van der Waals surface area (Å²) in [5.74, 6) is -0.791. The van der Waals surface area contributed by atoms with Crippen LogP contribution in [0.3, 0.4) is 0 Å². The molecule has 3 rings (SSSR count). The molecule has 1 aliphatic heterocycles. The number of methoxy groups -OCH3 is 1. The van der Waals surface area contributed by atoms with Crippen LogP contribution in [0.1, 0.15) is 49.9 Å². The molecule has 1 unspecified atom stereocenters. The van der Waals surface area contributed by atoms with Crippen molar-refractivity contribution in [3.05, 3.63) is 70.8 Å². The van der Waals surface area contributed by atoms with E-state index in [-0.39, 0.29) is 17.4 Å². The third-order valence-corrected chi connectivity index (χ3v) is 5.49. The Morgan fingerprint density at radius 3 is 2.28 bits per heavy atom. The van der Waals surface area contributed by atoms with Gasteiger partial charge in [-0.05, 0) is 62.1 Å². The van der Waals surface area contributed by atoms with Gasteiger partial charge in [-0.15, -0.1) is 0 Å². The summed E-state index contributed by atoms with van der Waals surface area (Å²) < 4.78 is 10.8. The van der Waals surface area contributed by atoms with Crippen LogP contribution in [0.2, 0.25) is 0 Å². The molecule has 1 atom stereocenters. The summed E-state index contributed by atoms with van der Waals surface area (Å²) in [4.78, 5) is 27.4. The van der Waals surface area contributed by atoms with Crippen LogP contribution in [0.15, 0.2) is 54.1 Å². The van der Waals surface area contributed by atoms with Crippen LogP contribution in [-0.4, -0.2) is 48.1 Å². The first-order valence-electron chi connectivity index (χ1n) is 11.0. The van der Waals surface area contributed by atoms with Gasteiger partial charge < -0.3 is 19.5 Å². The molecule has 1 amide bonds. The van der Waals surface area contributed by atoms with Crippen molar-refractivity contribution in [1.82, 2.24) is 4.90 Å². The number of aryl methyl sites for hydroxylation is 1. The molecule has 0 radical (unpaired) electrons. The zero-order valence-corrected chi connectivity index (χ0v) is 19.1. The van der Waals surface area contributed by atoms with E-state index in [1.165, 1.54) is 4.90 Å². The fourth-order valence-electron chi connectivity index (χ4n) is 3.89. The number of hydrogen-bond donors (Lipinski definition) is 1. The molecule has 0 aliphatic carbocycles. The monoisotopic (exact) mass is 437 g/mol. The Hall–Kier alpha value is -3.12. The maximum Gasteiger partial charge on any atom is 0.295 e. The highest BCUT2D eigenvalue weighted by Crippen LogP contribution is 2.39. The van der Waals surface area contributed by atoms with Crippen LogP contribution < -0.4 is 4.74 Å². The summed E-state index contributed by atoms with van der Waals surface area (Å²) in [7, 11) is 1.60. The summed E-state index contributed by atoms with van der Waals surface area (Å²) in [6.07, 6.45) is 1.51. The number of hydrogen-bond acceptors (Lipinski definition) is 5. The Labute approximate surface area is 189 Å². The van der Waals surface area contributed by atoms with Gasteiger partial charge >= 0.3 is 0 Å². The number of carbonyl (C=O) groups is 2. The molecule has 2 aromatic rings. The molecule has 1 saturated heterocycles. The number of rotatable bonds is 9. The van der Waals surface area contributed by atoms with E-state index >= 15 is 0 Å². The van der Waals surface area contributed by atoms with E-state index in [0.717, 1.165) is 17.5 Å². The predicted octanol–water partition coefficient (Wildman–Crippen LogP) is 4.49. The van der Waals surface area contributed by atoms with Gasteiger partial charge in [-0.1, -0.05) is 31.2 Å². The van der Waals surface area contributed by atoms with Gasteiger partial charge in [0.25, 0.3) is 11.7 Å². The van der Waals surface area contributed by atoms with Crippen LogP contribution in [0.25, 0.3) is 5.76 Å². The van der Waals surface area contributed by atoms with E-state index in [1.54, 1.807) is 31.4 Å². The zero-order valence-electron chi connectivity index (χ0n) is 19.1. The van der Waals surface area contributed by atoms with Crippen molar-refractivity contribution in [3.63, 3.8) is 0 Å². The Kier molecular flexibility index (Phi) is 7.70. The van der Waals surface area contributed by atoms with Gasteiger partial charge in [0.15, 0.2) is 0 Å². The number of likely N-dealkylation sites (tertiary alicyclic amines) is 1. The molecule has 1 fully saturated rings. The largest absolute Gasteiger partial charge is 0.507 e. The van der Waals surface area contributed by atoms with Crippen molar-refractivity contribution in [2.24, 2.45) is 0 Å². The number of Topliss-reactive ketones (excluding diaryl/α,β-unsaturated/α-hetero) is 1. The zero-order chi connectivity index (χ0) is 23.3. The van der Waals surface area contributed by atoms with Crippen LogP contribution >= 0.6 is 0 Å². The van der Waals surface area contributed by atoms with Crippen molar-refractivity contribution in [1.29, 1.82) is 0 Å². The van der Waals surface area contributed by atoms with E-state index in [0.29, 0.717) is 30.9 Å². The fourth-order valence-corrected chi connectivity index (χ4v) is 3.89. The molecule has 0 bridgehead atoms. The van der Waals surface area contributed by atoms with Gasteiger partial charge in [-0.2, -0.15) is 0 Å². The molecule has 0 saturated carbocycles. The molecule has 0 aromatic heterocycles. The first kappa shape index (κ1) is 23.5. The smallest absolute Gasteiger partial charge is 0.295 e. The Bertz CT molecular complexity index is 976. The lowest BCUT2D eigenvalue weighted by molar-refractivity contribution is -0.140. The third-order valence-electron chi connectivity index (χ3n) is 5.49. The highest BCUT2D eigenvalue weighted by atomic mass is 16.5. The Morgan fingerprint density at radius 2 is 1.72 bits per heavy atom. The van der Waals surface area contributed by atoms with Crippen molar-refractivity contribution < 1.29 is 24.2 Å². The van der Waals surface area contributed by atoms with Gasteiger partial charge in [-0.3, -0.25) is 9.59 Å². The number of aliphatic hydroxyl groups is 1. The predicted molar refractivity (Wildman–Crippen MR) is 124 cm³/mol. The van der Waals surface area contributed by atoms with Gasteiger partial charge in [0.05, 0.1) is 17.7 Å². The molecule has 170 valence electrons. The SMILES string of the molecule is CCc1ccc(C2/C(=C(/O)c3ccc(OC(C)C)cc3)C(=O)C(=O)N2CCCOC)cc1. The summed E-state index contributed by atoms with van der Waals surface area (Å²) >= 11 is 0. The number of nitrogens with zero attached hydrogens (tertiary/aromatic N) is 1. The Balaban J connectivity index is 2.04. The van der Waals surface area contributed by atoms with E-state index in [1.807, 2.05) is 38.1 Å². The van der Waals surface area contributed by atoms with E-state index < -0.39 is 17.7 Å². The first-order valence-corrected chi connectivity index (χ1v) is 11.0. The molecule has 6 heteroatoms. The van der Waals surface area contributed by atoms with Crippen LogP contribution in [0, 0.1) is 0 Å². The molecular weight excluding hydrogens is 406 g/mol. The lowest BCUT2D eigenvalue weighted by Gasteiger charge is -2.25. The molecule has 2 aromatic carbocycles. The number of benzene rings is 2. The minimum Gasteiger partial charge on any atom is -0.507 e. The molecule has 1 N–H and O–H groups in total. The standard InChI is InChI=1S/C26H31NO5/c1-5-18-7-9-19(10-8-18)23-22(25(29)26(30)27(23)15-6-16-31-4)24(28)20-11-13-21(14-12-20)32-17(2)3/h7-14,17,23,28H,5-6,15-16H2,1-4H3/b24-22-. The summed E-state index contributed by atoms with van der Waals surface area (Å²) in [5.41, 5.74) is 2.52. The fraction of sp³-hybridized carbons (Fsp3) is 0.385. The quantitative estimate of drug-likeness (QED) is 0.271. The molecule has 1 aliphatic rings. The third kappa shape index (κ3) is 5.02. The van der Waals surface area contributed by atoms with Gasteiger partial charge in [0.1, 0.15) is 11.5 Å². The summed E-state index contributed by atoms with van der Waals surface area (Å²) in [6, 6.07) is 14.1. The van der Waals surface area contributed by atoms with E-state index in [4.69, 9.17) is 9.47 Å². The molecular formula is C26H31NO5. The second-order valence-corrected chi connectivity index (χ2v) is 8.12. The van der Waals surface area contributed by atoms with Gasteiger partial charge in [0, 0.05) is 25.8 Å². The number of ether oxygens (including phenoxy) is 2. The highest BCUT2D eigenvalue weighted by Gasteiger charge is 2.45. The average molecular weight is 438 g/mol. The van der Waals surface area contributed by atoms with Crippen molar-refractivity contribution in [2.45, 2.75) is 45.8 Å². The van der Waals surface area contributed by atoms with Crippen LogP contribution in [0.5, 0.6) is 5.75 Å². The van der Waals surface area contributed by atoms with Crippen molar-refractivity contribution >= 4 is 17.4 Å². The number of ketones is 1. The van der Waals surface area contributed by atoms with E-state index in [2.05, 4.69) is 6.92 Å². The highest BCUT2D eigenvalue weighted by molar-refractivity contribution is 6.46. The molecule has 6 nitrogen and oxygen atoms in total. The summed E-state index contributed by atoms with van der Waals surface area (Å²) in [6.45, 7) is 6.77. The van der Waals surface area contributed by atoms with E-state index in [9.17, 15) is 14.7 Å². The minimum absolute atomic E-state index is 0.0259. The molecule has 1 heterocycles. The maximum absolute atomic E-state index is 13.0. The van der Waals surface area contributed by atoms with Crippen LogP contribution in [0.4, 0.5) is 0 Å². The van der Waals surface area contributed by atoms with Gasteiger partial charge in [-0.25, -0.2) is 0 Å². The normalized spacial score (nSPS) is 17.9. The summed E-state index contributed by atoms with van der Waals surface area (Å²) in [5, 5.41) is 11.1. The lowest BCUT2D eigenvalue weighted by atomic mass is 9.94.